The van der Waals surface area contributed by atoms with Crippen LogP contribution in [0.3, 0.4) is 0 Å². The second-order valence-corrected chi connectivity index (χ2v) is 6.81. The van der Waals surface area contributed by atoms with Gasteiger partial charge in [0.15, 0.2) is 0 Å². The van der Waals surface area contributed by atoms with Crippen LogP contribution in [0.4, 0.5) is 5.82 Å². The monoisotopic (exact) mass is 319 g/mol. The van der Waals surface area contributed by atoms with Crippen molar-refractivity contribution in [1.82, 2.24) is 14.9 Å². The Bertz CT molecular complexity index is 516. The fourth-order valence-electron chi connectivity index (χ4n) is 3.83. The van der Waals surface area contributed by atoms with E-state index in [0.717, 1.165) is 75.6 Å². The molecule has 2 aliphatic heterocycles. The molecule has 3 heterocycles. The zero-order valence-corrected chi connectivity index (χ0v) is 14.1. The highest BCUT2D eigenvalue weighted by Crippen LogP contribution is 2.24. The number of aliphatic hydroxyl groups excluding tert-OH is 1. The summed E-state index contributed by atoms with van der Waals surface area (Å²) >= 11 is 0. The van der Waals surface area contributed by atoms with Crippen LogP contribution in [0, 0.1) is 6.92 Å². The summed E-state index contributed by atoms with van der Waals surface area (Å²) < 4.78 is 0. The molecule has 6 heteroatoms. The van der Waals surface area contributed by atoms with E-state index in [2.05, 4.69) is 25.8 Å². The lowest BCUT2D eigenvalue weighted by Crippen LogP contribution is -2.49. The summed E-state index contributed by atoms with van der Waals surface area (Å²) in [5.74, 6) is 1.87. The van der Waals surface area contributed by atoms with Crippen molar-refractivity contribution in [3.05, 3.63) is 17.6 Å². The van der Waals surface area contributed by atoms with E-state index in [1.54, 1.807) is 0 Å². The summed E-state index contributed by atoms with van der Waals surface area (Å²) in [4.78, 5) is 13.9. The molecule has 1 aromatic rings. The highest BCUT2D eigenvalue weighted by molar-refractivity contribution is 5.40. The number of likely N-dealkylation sites (tertiary alicyclic amines) is 1. The van der Waals surface area contributed by atoms with Gasteiger partial charge in [0.25, 0.3) is 0 Å². The first-order valence-corrected chi connectivity index (χ1v) is 8.87. The molecular formula is C17H29N5O. The van der Waals surface area contributed by atoms with Crippen LogP contribution < -0.4 is 10.6 Å². The van der Waals surface area contributed by atoms with Crippen molar-refractivity contribution < 1.29 is 5.11 Å². The van der Waals surface area contributed by atoms with Crippen LogP contribution in [-0.2, 0) is 6.42 Å². The summed E-state index contributed by atoms with van der Waals surface area (Å²) in [7, 11) is 0. The first-order valence-electron chi connectivity index (χ1n) is 8.87. The van der Waals surface area contributed by atoms with Crippen LogP contribution in [-0.4, -0.2) is 64.8 Å². The van der Waals surface area contributed by atoms with E-state index >= 15 is 0 Å². The second kappa shape index (κ2) is 7.55. The number of β-amino-alcohol motifs (C(OH)–C–C–N with tert-alkyl or cyclic N) is 1. The van der Waals surface area contributed by atoms with Gasteiger partial charge >= 0.3 is 0 Å². The average Bonchev–Trinajstić information content (AvgIpc) is 2.55. The molecule has 0 amide bonds. The first-order chi connectivity index (χ1) is 11.2. The Morgan fingerprint density at radius 1 is 1.22 bits per heavy atom. The minimum atomic E-state index is -0.134. The topological polar surface area (TPSA) is 78.5 Å². The van der Waals surface area contributed by atoms with Gasteiger partial charge in [0, 0.05) is 43.9 Å². The Balaban J connectivity index is 1.60. The molecule has 0 saturated carbocycles. The standard InChI is InChI=1S/C17H29N5O/c1-13-19-14(4-7-18)11-17(20-13)21-9-5-15(6-10-21)22-8-2-3-16(23)12-22/h11,15-16,23H,2-10,12,18H2,1H3/t16-/m0/s1. The molecule has 0 bridgehead atoms. The second-order valence-electron chi connectivity index (χ2n) is 6.81. The molecule has 6 nitrogen and oxygen atoms in total. The molecule has 0 unspecified atom stereocenters. The Hall–Kier alpha value is -1.24. The lowest BCUT2D eigenvalue weighted by molar-refractivity contribution is 0.0398. The summed E-state index contributed by atoms with van der Waals surface area (Å²) in [6, 6.07) is 2.69. The smallest absolute Gasteiger partial charge is 0.132 e. The first kappa shape index (κ1) is 16.6. The van der Waals surface area contributed by atoms with Gasteiger partial charge in [0.1, 0.15) is 11.6 Å². The van der Waals surface area contributed by atoms with E-state index in [4.69, 9.17) is 5.73 Å². The van der Waals surface area contributed by atoms with Crippen molar-refractivity contribution in [3.63, 3.8) is 0 Å². The normalized spacial score (nSPS) is 24.1. The van der Waals surface area contributed by atoms with Crippen LogP contribution >= 0.6 is 0 Å². The predicted octanol–water partition coefficient (Wildman–Crippen LogP) is 0.712. The van der Waals surface area contributed by atoms with Gasteiger partial charge < -0.3 is 15.7 Å². The molecule has 23 heavy (non-hydrogen) atoms. The van der Waals surface area contributed by atoms with Crippen molar-refractivity contribution >= 4 is 5.82 Å². The number of nitrogens with zero attached hydrogens (tertiary/aromatic N) is 4. The molecule has 0 radical (unpaired) electrons. The quantitative estimate of drug-likeness (QED) is 0.851. The number of hydrogen-bond acceptors (Lipinski definition) is 6. The van der Waals surface area contributed by atoms with Crippen molar-refractivity contribution in [2.75, 3.05) is 37.6 Å². The average molecular weight is 319 g/mol. The number of rotatable bonds is 4. The zero-order chi connectivity index (χ0) is 16.2. The van der Waals surface area contributed by atoms with Crippen LogP contribution in [0.2, 0.25) is 0 Å². The van der Waals surface area contributed by atoms with Crippen LogP contribution in [0.15, 0.2) is 6.07 Å². The van der Waals surface area contributed by atoms with Gasteiger partial charge in [-0.05, 0) is 45.7 Å². The third kappa shape index (κ3) is 4.19. The fourth-order valence-corrected chi connectivity index (χ4v) is 3.83. The molecule has 0 aliphatic carbocycles. The highest BCUT2D eigenvalue weighted by Gasteiger charge is 2.28. The Morgan fingerprint density at radius 3 is 2.70 bits per heavy atom. The number of aromatic nitrogens is 2. The van der Waals surface area contributed by atoms with Gasteiger partial charge in [-0.15, -0.1) is 0 Å². The van der Waals surface area contributed by atoms with Crippen molar-refractivity contribution in [2.45, 2.75) is 51.2 Å². The van der Waals surface area contributed by atoms with Gasteiger partial charge in [0.2, 0.25) is 0 Å². The van der Waals surface area contributed by atoms with Crippen molar-refractivity contribution in [3.8, 4) is 0 Å². The van der Waals surface area contributed by atoms with E-state index in [9.17, 15) is 5.11 Å². The molecule has 1 aromatic heterocycles. The maximum absolute atomic E-state index is 9.87. The van der Waals surface area contributed by atoms with Crippen LogP contribution in [0.25, 0.3) is 0 Å². The highest BCUT2D eigenvalue weighted by atomic mass is 16.3. The summed E-state index contributed by atoms with van der Waals surface area (Å²) in [5, 5.41) is 9.87. The molecule has 1 atom stereocenters. The van der Waals surface area contributed by atoms with Crippen LogP contribution in [0.5, 0.6) is 0 Å². The molecule has 2 saturated heterocycles. The number of nitrogens with two attached hydrogens (primary N) is 1. The maximum Gasteiger partial charge on any atom is 0.132 e. The lowest BCUT2D eigenvalue weighted by atomic mass is 9.99. The number of piperidine rings is 2. The summed E-state index contributed by atoms with van der Waals surface area (Å²) in [6.45, 7) is 6.60. The molecule has 0 aromatic carbocycles. The van der Waals surface area contributed by atoms with Gasteiger partial charge in [-0.2, -0.15) is 0 Å². The zero-order valence-electron chi connectivity index (χ0n) is 14.1. The maximum atomic E-state index is 9.87. The van der Waals surface area contributed by atoms with E-state index < -0.39 is 0 Å². The van der Waals surface area contributed by atoms with E-state index in [1.165, 1.54) is 0 Å². The Morgan fingerprint density at radius 2 is 2.00 bits per heavy atom. The summed E-state index contributed by atoms with van der Waals surface area (Å²) in [5.41, 5.74) is 6.69. The Kier molecular flexibility index (Phi) is 5.46. The van der Waals surface area contributed by atoms with Gasteiger partial charge in [0.05, 0.1) is 6.10 Å². The molecule has 2 fully saturated rings. The van der Waals surface area contributed by atoms with E-state index in [1.807, 2.05) is 6.92 Å². The number of aliphatic hydroxyl groups is 1. The molecule has 3 rings (SSSR count). The van der Waals surface area contributed by atoms with Gasteiger partial charge in [-0.3, -0.25) is 4.90 Å². The molecule has 0 spiro atoms. The van der Waals surface area contributed by atoms with E-state index in [-0.39, 0.29) is 6.10 Å². The third-order valence-corrected chi connectivity index (χ3v) is 5.01. The van der Waals surface area contributed by atoms with Gasteiger partial charge in [-0.1, -0.05) is 0 Å². The number of aryl methyl sites for hydroxylation is 1. The largest absolute Gasteiger partial charge is 0.392 e. The van der Waals surface area contributed by atoms with Crippen LogP contribution in [0.1, 0.15) is 37.2 Å². The predicted molar refractivity (Wildman–Crippen MR) is 91.6 cm³/mol. The molecule has 3 N–H and O–H groups in total. The Labute approximate surface area is 138 Å². The number of anilines is 1. The lowest BCUT2D eigenvalue weighted by Gasteiger charge is -2.41. The van der Waals surface area contributed by atoms with Gasteiger partial charge in [-0.25, -0.2) is 9.97 Å². The minimum Gasteiger partial charge on any atom is -0.392 e. The minimum absolute atomic E-state index is 0.134. The summed E-state index contributed by atoms with van der Waals surface area (Å²) in [6.07, 6.45) is 5.03. The van der Waals surface area contributed by atoms with Crippen molar-refractivity contribution in [2.24, 2.45) is 5.73 Å². The molecular weight excluding hydrogens is 290 g/mol. The SMILES string of the molecule is Cc1nc(CCN)cc(N2CCC(N3CCC[C@H](O)C3)CC2)n1. The number of hydrogen-bond donors (Lipinski definition) is 2. The van der Waals surface area contributed by atoms with Crippen molar-refractivity contribution in [1.29, 1.82) is 0 Å². The third-order valence-electron chi connectivity index (χ3n) is 5.01. The van der Waals surface area contributed by atoms with E-state index in [0.29, 0.717) is 12.6 Å². The molecule has 2 aliphatic rings. The molecule has 128 valence electrons. The fraction of sp³-hybridized carbons (Fsp3) is 0.765.